The van der Waals surface area contributed by atoms with Gasteiger partial charge in [-0.15, -0.1) is 0 Å². The molecule has 3 nitrogen and oxygen atoms in total. The number of hydrogen-bond donors (Lipinski definition) is 0. The molecule has 1 aromatic rings. The van der Waals surface area contributed by atoms with Crippen molar-refractivity contribution in [3.05, 3.63) is 34.1 Å². The van der Waals surface area contributed by atoms with E-state index in [1.165, 1.54) is 13.2 Å². The van der Waals surface area contributed by atoms with E-state index in [1.54, 1.807) is 6.07 Å². The fourth-order valence-corrected chi connectivity index (χ4v) is 1.83. The summed E-state index contributed by atoms with van der Waals surface area (Å²) in [5.41, 5.74) is 0.816. The number of esters is 1. The summed E-state index contributed by atoms with van der Waals surface area (Å²) in [6.45, 7) is 3.34. The highest BCUT2D eigenvalue weighted by Gasteiger charge is 2.12. The first kappa shape index (κ1) is 14.1. The van der Waals surface area contributed by atoms with E-state index >= 15 is 0 Å². The zero-order chi connectivity index (χ0) is 12.8. The molecule has 1 aromatic carbocycles. The van der Waals surface area contributed by atoms with Crippen molar-refractivity contribution in [2.24, 2.45) is 0 Å². The van der Waals surface area contributed by atoms with E-state index in [2.05, 4.69) is 20.7 Å². The quantitative estimate of drug-likeness (QED) is 0.783. The summed E-state index contributed by atoms with van der Waals surface area (Å²) in [4.78, 5) is 13.1. The van der Waals surface area contributed by atoms with Gasteiger partial charge in [0.15, 0.2) is 0 Å². The van der Waals surface area contributed by atoms with Crippen LogP contribution >= 0.6 is 15.9 Å². The van der Waals surface area contributed by atoms with Crippen LogP contribution in [0.25, 0.3) is 0 Å². The monoisotopic (exact) mass is 303 g/mol. The lowest BCUT2D eigenvalue weighted by molar-refractivity contribution is -0.142. The Labute approximate surface area is 109 Å². The van der Waals surface area contributed by atoms with Crippen molar-refractivity contribution in [3.8, 4) is 0 Å². The first-order chi connectivity index (χ1) is 8.08. The van der Waals surface area contributed by atoms with E-state index < -0.39 is 0 Å². The molecule has 1 rings (SSSR count). The maximum Gasteiger partial charge on any atom is 0.319 e. The third-order valence-corrected chi connectivity index (χ3v) is 3.34. The molecule has 0 aliphatic heterocycles. The summed E-state index contributed by atoms with van der Waals surface area (Å²) in [6.07, 6.45) is 0. The molecule has 17 heavy (non-hydrogen) atoms. The number of hydrogen-bond acceptors (Lipinski definition) is 3. The number of rotatable bonds is 5. The molecule has 0 radical (unpaired) electrons. The third-order valence-electron chi connectivity index (χ3n) is 2.45. The fourth-order valence-electron chi connectivity index (χ4n) is 1.44. The molecule has 0 heterocycles. The van der Waals surface area contributed by atoms with Gasteiger partial charge in [0.05, 0.1) is 18.1 Å². The van der Waals surface area contributed by atoms with Gasteiger partial charge in [-0.1, -0.05) is 19.1 Å². The Balaban J connectivity index is 2.73. The van der Waals surface area contributed by atoms with Crippen molar-refractivity contribution in [1.82, 2.24) is 4.90 Å². The van der Waals surface area contributed by atoms with Crippen molar-refractivity contribution in [2.45, 2.75) is 13.5 Å². The number of carbonyl (C=O) groups excluding carboxylic acids is 1. The van der Waals surface area contributed by atoms with Gasteiger partial charge >= 0.3 is 5.97 Å². The minimum Gasteiger partial charge on any atom is -0.468 e. The Morgan fingerprint density at radius 2 is 2.24 bits per heavy atom. The van der Waals surface area contributed by atoms with Gasteiger partial charge in [0.2, 0.25) is 0 Å². The van der Waals surface area contributed by atoms with Crippen LogP contribution < -0.4 is 0 Å². The second kappa shape index (κ2) is 6.71. The van der Waals surface area contributed by atoms with Gasteiger partial charge in [-0.05, 0) is 34.1 Å². The number of ether oxygens (including phenoxy) is 1. The predicted octanol–water partition coefficient (Wildman–Crippen LogP) is 2.58. The lowest BCUT2D eigenvalue weighted by Gasteiger charge is -2.19. The number of benzene rings is 1. The Bertz CT molecular complexity index is 398. The van der Waals surface area contributed by atoms with Crippen LogP contribution in [0, 0.1) is 5.82 Å². The van der Waals surface area contributed by atoms with Gasteiger partial charge in [-0.25, -0.2) is 4.39 Å². The van der Waals surface area contributed by atoms with E-state index in [0.29, 0.717) is 17.6 Å². The highest BCUT2D eigenvalue weighted by Crippen LogP contribution is 2.21. The molecular formula is C12H15BrFNO2. The maximum absolute atomic E-state index is 13.3. The molecule has 5 heteroatoms. The molecule has 0 N–H and O–H groups in total. The molecule has 0 spiro atoms. The standard InChI is InChI=1S/C12H15BrFNO2/c1-3-15(8-11(16)17-2)7-9-5-4-6-10(14)12(9)13/h4-6H,3,7-8H2,1-2H3. The summed E-state index contributed by atoms with van der Waals surface area (Å²) in [6, 6.07) is 4.87. The maximum atomic E-state index is 13.3. The van der Waals surface area contributed by atoms with Crippen LogP contribution in [0.4, 0.5) is 4.39 Å². The average molecular weight is 304 g/mol. The number of halogens is 2. The zero-order valence-electron chi connectivity index (χ0n) is 9.87. The van der Waals surface area contributed by atoms with Crippen LogP contribution in [0.1, 0.15) is 12.5 Å². The van der Waals surface area contributed by atoms with Crippen LogP contribution in [-0.4, -0.2) is 31.1 Å². The van der Waals surface area contributed by atoms with Crippen molar-refractivity contribution >= 4 is 21.9 Å². The number of nitrogens with zero attached hydrogens (tertiary/aromatic N) is 1. The van der Waals surface area contributed by atoms with Crippen LogP contribution in [0.3, 0.4) is 0 Å². The third kappa shape index (κ3) is 4.09. The van der Waals surface area contributed by atoms with Crippen LogP contribution in [0.2, 0.25) is 0 Å². The zero-order valence-corrected chi connectivity index (χ0v) is 11.5. The van der Waals surface area contributed by atoms with Gasteiger partial charge in [-0.3, -0.25) is 9.69 Å². The molecule has 0 aliphatic rings. The Morgan fingerprint density at radius 1 is 1.53 bits per heavy atom. The van der Waals surface area contributed by atoms with Gasteiger partial charge in [0, 0.05) is 6.54 Å². The van der Waals surface area contributed by atoms with E-state index in [4.69, 9.17) is 0 Å². The molecule has 0 amide bonds. The molecule has 94 valence electrons. The molecular weight excluding hydrogens is 289 g/mol. The summed E-state index contributed by atoms with van der Waals surface area (Å²) in [7, 11) is 1.36. The number of methoxy groups -OCH3 is 1. The average Bonchev–Trinajstić information content (AvgIpc) is 2.33. The molecule has 0 aromatic heterocycles. The lowest BCUT2D eigenvalue weighted by Crippen LogP contribution is -2.30. The molecule has 0 aliphatic carbocycles. The normalized spacial score (nSPS) is 10.6. The Hall–Kier alpha value is -0.940. The summed E-state index contributed by atoms with van der Waals surface area (Å²) in [5, 5.41) is 0. The minimum atomic E-state index is -0.295. The van der Waals surface area contributed by atoms with E-state index in [-0.39, 0.29) is 18.3 Å². The van der Waals surface area contributed by atoms with Gasteiger partial charge in [0.1, 0.15) is 5.82 Å². The van der Waals surface area contributed by atoms with Crippen LogP contribution in [0.15, 0.2) is 22.7 Å². The van der Waals surface area contributed by atoms with Gasteiger partial charge in [0.25, 0.3) is 0 Å². The molecule has 0 saturated heterocycles. The molecule has 0 bridgehead atoms. The van der Waals surface area contributed by atoms with Crippen molar-refractivity contribution in [3.63, 3.8) is 0 Å². The van der Waals surface area contributed by atoms with Crippen LogP contribution in [-0.2, 0) is 16.1 Å². The van der Waals surface area contributed by atoms with Crippen LogP contribution in [0.5, 0.6) is 0 Å². The number of carbonyl (C=O) groups is 1. The van der Waals surface area contributed by atoms with Crippen molar-refractivity contribution < 1.29 is 13.9 Å². The molecule has 0 unspecified atom stereocenters. The van der Waals surface area contributed by atoms with Crippen molar-refractivity contribution in [2.75, 3.05) is 20.2 Å². The first-order valence-electron chi connectivity index (χ1n) is 5.30. The van der Waals surface area contributed by atoms with E-state index in [9.17, 15) is 9.18 Å². The summed E-state index contributed by atoms with van der Waals surface area (Å²) >= 11 is 3.20. The SMILES string of the molecule is CCN(CC(=O)OC)Cc1cccc(F)c1Br. The van der Waals surface area contributed by atoms with Gasteiger partial charge < -0.3 is 4.74 Å². The van der Waals surface area contributed by atoms with Gasteiger partial charge in [-0.2, -0.15) is 0 Å². The predicted molar refractivity (Wildman–Crippen MR) is 67.1 cm³/mol. The van der Waals surface area contributed by atoms with E-state index in [0.717, 1.165) is 5.56 Å². The highest BCUT2D eigenvalue weighted by molar-refractivity contribution is 9.10. The molecule has 0 fully saturated rings. The molecule has 0 saturated carbocycles. The molecule has 0 atom stereocenters. The fraction of sp³-hybridized carbons (Fsp3) is 0.417. The topological polar surface area (TPSA) is 29.5 Å². The van der Waals surface area contributed by atoms with Crippen molar-refractivity contribution in [1.29, 1.82) is 0 Å². The second-order valence-corrected chi connectivity index (χ2v) is 4.39. The Morgan fingerprint density at radius 3 is 2.82 bits per heavy atom. The first-order valence-corrected chi connectivity index (χ1v) is 6.09. The lowest BCUT2D eigenvalue weighted by atomic mass is 10.2. The summed E-state index contributed by atoms with van der Waals surface area (Å²) < 4.78 is 18.4. The second-order valence-electron chi connectivity index (χ2n) is 3.59. The largest absolute Gasteiger partial charge is 0.468 e. The van der Waals surface area contributed by atoms with E-state index in [1.807, 2.05) is 17.9 Å². The minimum absolute atomic E-state index is 0.204. The Kier molecular flexibility index (Phi) is 5.58. The summed E-state index contributed by atoms with van der Waals surface area (Å²) in [5.74, 6) is -0.587. The number of likely N-dealkylation sites (N-methyl/N-ethyl adjacent to an activating group) is 1. The highest BCUT2D eigenvalue weighted by atomic mass is 79.9. The smallest absolute Gasteiger partial charge is 0.319 e.